The number of rotatable bonds is 8. The Hall–Kier alpha value is -4.54. The summed E-state index contributed by atoms with van der Waals surface area (Å²) < 4.78 is 1.66. The van der Waals surface area contributed by atoms with Gasteiger partial charge in [0.05, 0.1) is 23.9 Å². The van der Waals surface area contributed by atoms with E-state index >= 15 is 0 Å². The van der Waals surface area contributed by atoms with Crippen molar-refractivity contribution in [2.24, 2.45) is 7.05 Å². The molecule has 0 amide bonds. The highest BCUT2D eigenvalue weighted by Crippen LogP contribution is 2.28. The molecule has 0 saturated heterocycles. The molecule has 0 unspecified atom stereocenters. The molecule has 0 bridgehead atoms. The van der Waals surface area contributed by atoms with Crippen molar-refractivity contribution in [2.75, 3.05) is 6.54 Å². The first-order valence-corrected chi connectivity index (χ1v) is 11.4. The van der Waals surface area contributed by atoms with Gasteiger partial charge in [0.15, 0.2) is 5.78 Å². The largest absolute Gasteiger partial charge is 0.360 e. The molecule has 5 aromatic rings. The van der Waals surface area contributed by atoms with Gasteiger partial charge in [-0.3, -0.25) is 9.48 Å². The third-order valence-electron chi connectivity index (χ3n) is 6.09. The number of Topliss-reactive ketones (excluding diaryl/α,β-unsaturated/α-hetero) is 1. The van der Waals surface area contributed by atoms with Gasteiger partial charge in [0.2, 0.25) is 0 Å². The lowest BCUT2D eigenvalue weighted by Gasteiger charge is -2.18. The van der Waals surface area contributed by atoms with E-state index in [-0.39, 0.29) is 5.78 Å². The van der Waals surface area contributed by atoms with E-state index in [2.05, 4.69) is 26.7 Å². The Morgan fingerprint density at radius 2 is 1.91 bits per heavy atom. The number of ketones is 1. The number of nitriles is 1. The van der Waals surface area contributed by atoms with E-state index < -0.39 is 6.04 Å². The van der Waals surface area contributed by atoms with Crippen LogP contribution in [0.3, 0.4) is 0 Å². The summed E-state index contributed by atoms with van der Waals surface area (Å²) in [5, 5.41) is 21.5. The van der Waals surface area contributed by atoms with Crippen molar-refractivity contribution in [3.05, 3.63) is 107 Å². The summed E-state index contributed by atoms with van der Waals surface area (Å²) in [5.74, 6) is 0.00883. The van der Waals surface area contributed by atoms with Gasteiger partial charge in [-0.15, -0.1) is 5.10 Å². The molecule has 0 aliphatic carbocycles. The van der Waals surface area contributed by atoms with Crippen LogP contribution < -0.4 is 5.32 Å². The molecule has 3 aromatic carbocycles. The Morgan fingerprint density at radius 1 is 1.11 bits per heavy atom. The molecule has 0 aliphatic rings. The summed E-state index contributed by atoms with van der Waals surface area (Å²) in [4.78, 5) is 17.0. The van der Waals surface area contributed by atoms with Crippen LogP contribution in [-0.2, 0) is 13.5 Å². The predicted octanol–water partition coefficient (Wildman–Crippen LogP) is 4.59. The summed E-state index contributed by atoms with van der Waals surface area (Å²) >= 11 is 0. The van der Waals surface area contributed by atoms with Crippen molar-refractivity contribution in [2.45, 2.75) is 12.5 Å². The molecule has 7 heteroatoms. The number of nitrogens with zero attached hydrogens (tertiary/aromatic N) is 4. The number of aromatic nitrogens is 4. The lowest BCUT2D eigenvalue weighted by Crippen LogP contribution is -2.30. The maximum Gasteiger partial charge on any atom is 0.186 e. The number of aryl methyl sites for hydroxylation is 1. The fraction of sp³-hybridized carbons (Fsp3) is 0.143. The zero-order valence-electron chi connectivity index (χ0n) is 19.3. The van der Waals surface area contributed by atoms with Gasteiger partial charge in [-0.05, 0) is 35.7 Å². The number of fused-ring (bicyclic) bond motifs is 1. The Bertz CT molecular complexity index is 1510. The van der Waals surface area contributed by atoms with E-state index in [1.54, 1.807) is 10.9 Å². The highest BCUT2D eigenvalue weighted by Gasteiger charge is 2.24. The molecule has 1 atom stereocenters. The standard InChI is InChI=1S/C28H24N6O/c1-34-18-26(32-33-34)22-11-12-23-24(17-31-25(23)15-22)28(35)27(21-5-3-2-4-6-21)30-14-13-19-7-9-20(16-29)10-8-19/h2-12,15,17-18,27,30-31H,13-14H2,1H3/t27-/m1/s1. The molecule has 2 N–H and O–H groups in total. The number of H-pyrrole nitrogens is 1. The third-order valence-corrected chi connectivity index (χ3v) is 6.09. The van der Waals surface area contributed by atoms with E-state index in [1.807, 2.05) is 86.0 Å². The lowest BCUT2D eigenvalue weighted by molar-refractivity contribution is 0.0945. The Morgan fingerprint density at radius 3 is 2.63 bits per heavy atom. The van der Waals surface area contributed by atoms with Gasteiger partial charge in [-0.1, -0.05) is 59.8 Å². The van der Waals surface area contributed by atoms with Gasteiger partial charge < -0.3 is 10.3 Å². The maximum absolute atomic E-state index is 13.8. The van der Waals surface area contributed by atoms with Crippen molar-refractivity contribution < 1.29 is 4.79 Å². The van der Waals surface area contributed by atoms with Crippen LogP contribution in [0.15, 0.2) is 85.2 Å². The van der Waals surface area contributed by atoms with Gasteiger partial charge in [0.25, 0.3) is 0 Å². The molecular weight excluding hydrogens is 436 g/mol. The van der Waals surface area contributed by atoms with Crippen LogP contribution in [0.2, 0.25) is 0 Å². The number of hydrogen-bond acceptors (Lipinski definition) is 5. The zero-order chi connectivity index (χ0) is 24.2. The summed E-state index contributed by atoms with van der Waals surface area (Å²) in [6.45, 7) is 0.621. The number of nitrogens with one attached hydrogen (secondary N) is 2. The average Bonchev–Trinajstić information content (AvgIpc) is 3.53. The number of carbonyl (C=O) groups excluding carboxylic acids is 1. The van der Waals surface area contributed by atoms with Gasteiger partial charge in [0, 0.05) is 41.8 Å². The van der Waals surface area contributed by atoms with Crippen LogP contribution in [0.25, 0.3) is 22.2 Å². The first-order valence-electron chi connectivity index (χ1n) is 11.4. The molecule has 7 nitrogen and oxygen atoms in total. The SMILES string of the molecule is Cn1cc(-c2ccc3c(C(=O)[C@H](NCCc4ccc(C#N)cc4)c4ccccc4)c[nH]c3c2)nn1. The number of benzene rings is 3. The van der Waals surface area contributed by atoms with Crippen molar-refractivity contribution in [3.8, 4) is 17.3 Å². The highest BCUT2D eigenvalue weighted by molar-refractivity contribution is 6.11. The quantitative estimate of drug-likeness (QED) is 0.330. The average molecular weight is 461 g/mol. The van der Waals surface area contributed by atoms with Crippen molar-refractivity contribution in [1.29, 1.82) is 5.26 Å². The molecule has 2 aromatic heterocycles. The Labute approximate surface area is 203 Å². The minimum atomic E-state index is -0.478. The van der Waals surface area contributed by atoms with Crippen LogP contribution in [0, 0.1) is 11.3 Å². The van der Waals surface area contributed by atoms with E-state index in [9.17, 15) is 4.79 Å². The van der Waals surface area contributed by atoms with Crippen LogP contribution in [0.1, 0.15) is 33.1 Å². The van der Waals surface area contributed by atoms with Crippen LogP contribution in [-0.4, -0.2) is 32.3 Å². The maximum atomic E-state index is 13.8. The summed E-state index contributed by atoms with van der Waals surface area (Å²) in [6, 6.07) is 24.9. The molecular formula is C28H24N6O. The monoisotopic (exact) mass is 460 g/mol. The molecule has 5 rings (SSSR count). The van der Waals surface area contributed by atoms with Crippen molar-refractivity contribution in [1.82, 2.24) is 25.3 Å². The minimum Gasteiger partial charge on any atom is -0.360 e. The predicted molar refractivity (Wildman–Crippen MR) is 135 cm³/mol. The molecule has 0 radical (unpaired) electrons. The van der Waals surface area contributed by atoms with E-state index in [4.69, 9.17) is 5.26 Å². The summed E-state index contributed by atoms with van der Waals surface area (Å²) in [6.07, 6.45) is 4.39. The van der Waals surface area contributed by atoms with Gasteiger partial charge in [0.1, 0.15) is 5.69 Å². The molecule has 35 heavy (non-hydrogen) atoms. The van der Waals surface area contributed by atoms with Gasteiger partial charge in [-0.25, -0.2) is 0 Å². The number of carbonyl (C=O) groups is 1. The van der Waals surface area contributed by atoms with Crippen molar-refractivity contribution >= 4 is 16.7 Å². The molecule has 0 spiro atoms. The molecule has 0 aliphatic heterocycles. The fourth-order valence-electron chi connectivity index (χ4n) is 4.24. The second-order valence-electron chi connectivity index (χ2n) is 8.46. The molecule has 0 fully saturated rings. The first kappa shape index (κ1) is 22.3. The highest BCUT2D eigenvalue weighted by atomic mass is 16.1. The Balaban J connectivity index is 1.39. The fourth-order valence-corrected chi connectivity index (χ4v) is 4.24. The second-order valence-corrected chi connectivity index (χ2v) is 8.46. The van der Waals surface area contributed by atoms with Crippen molar-refractivity contribution in [3.63, 3.8) is 0 Å². The van der Waals surface area contributed by atoms with Crippen LogP contribution >= 0.6 is 0 Å². The van der Waals surface area contributed by atoms with Gasteiger partial charge in [-0.2, -0.15) is 5.26 Å². The third kappa shape index (κ3) is 4.74. The lowest BCUT2D eigenvalue weighted by atomic mass is 9.96. The number of hydrogen-bond donors (Lipinski definition) is 2. The zero-order valence-corrected chi connectivity index (χ0v) is 19.3. The summed E-state index contributed by atoms with van der Waals surface area (Å²) in [5.41, 5.74) is 5.91. The first-order chi connectivity index (χ1) is 17.1. The molecule has 172 valence electrons. The topological polar surface area (TPSA) is 99.4 Å². The normalized spacial score (nSPS) is 11.9. The Kier molecular flexibility index (Phi) is 6.20. The minimum absolute atomic E-state index is 0.00883. The van der Waals surface area contributed by atoms with Crippen LogP contribution in [0.4, 0.5) is 0 Å². The molecule has 0 saturated carbocycles. The summed E-state index contributed by atoms with van der Waals surface area (Å²) in [7, 11) is 1.83. The van der Waals surface area contributed by atoms with E-state index in [1.165, 1.54) is 0 Å². The van der Waals surface area contributed by atoms with E-state index in [0.717, 1.165) is 39.7 Å². The smallest absolute Gasteiger partial charge is 0.186 e. The van der Waals surface area contributed by atoms with E-state index in [0.29, 0.717) is 17.7 Å². The number of aromatic amines is 1. The second kappa shape index (κ2) is 9.75. The van der Waals surface area contributed by atoms with Gasteiger partial charge >= 0.3 is 0 Å². The van der Waals surface area contributed by atoms with Crippen LogP contribution in [0.5, 0.6) is 0 Å². The molecule has 2 heterocycles.